The number of hydrogen-bond acceptors (Lipinski definition) is 5. The second-order valence-electron chi connectivity index (χ2n) is 7.27. The lowest BCUT2D eigenvalue weighted by molar-refractivity contribution is 0.0600. The normalized spacial score (nSPS) is 14.1. The molecular weight excluding hydrogens is 360 g/mol. The lowest BCUT2D eigenvalue weighted by atomic mass is 10.0. The molecule has 2 aromatic rings. The highest BCUT2D eigenvalue weighted by Crippen LogP contribution is 2.38. The van der Waals surface area contributed by atoms with Gasteiger partial charge in [0.15, 0.2) is 0 Å². The highest BCUT2D eigenvalue weighted by molar-refractivity contribution is 7.17. The highest BCUT2D eigenvalue weighted by Gasteiger charge is 2.30. The van der Waals surface area contributed by atoms with Crippen LogP contribution >= 0.6 is 11.3 Å². The van der Waals surface area contributed by atoms with Gasteiger partial charge in [-0.05, 0) is 62.9 Å². The Bertz CT molecular complexity index is 886. The van der Waals surface area contributed by atoms with Crippen molar-refractivity contribution in [3.63, 3.8) is 0 Å². The third-order valence-electron chi connectivity index (χ3n) is 5.20. The number of carbonyl (C=O) groups is 2. The van der Waals surface area contributed by atoms with Crippen LogP contribution in [0.15, 0.2) is 18.2 Å². The standard InChI is InChI=1S/C21H26N2O3S/c1-12(2)23-9-8-16-17(11-23)27-20(18(16)21(25)26-5)22-19(24)15-7-6-13(3)14(4)10-15/h6-7,10,12H,8-9,11H2,1-5H3,(H,22,24). The van der Waals surface area contributed by atoms with Crippen molar-refractivity contribution in [1.82, 2.24) is 4.90 Å². The molecule has 0 unspecified atom stereocenters. The van der Waals surface area contributed by atoms with Crippen LogP contribution in [-0.2, 0) is 17.7 Å². The van der Waals surface area contributed by atoms with Crippen LogP contribution in [0.4, 0.5) is 5.00 Å². The van der Waals surface area contributed by atoms with Gasteiger partial charge in [-0.2, -0.15) is 0 Å². The molecule has 0 bridgehead atoms. The number of thiophene rings is 1. The number of nitrogens with one attached hydrogen (secondary N) is 1. The third kappa shape index (κ3) is 3.92. The van der Waals surface area contributed by atoms with Crippen molar-refractivity contribution in [2.45, 2.75) is 46.7 Å². The Morgan fingerprint density at radius 2 is 1.96 bits per heavy atom. The molecule has 27 heavy (non-hydrogen) atoms. The molecule has 1 aliphatic rings. The second-order valence-corrected chi connectivity index (χ2v) is 8.37. The van der Waals surface area contributed by atoms with E-state index in [4.69, 9.17) is 4.74 Å². The van der Waals surface area contributed by atoms with Crippen LogP contribution in [0.25, 0.3) is 0 Å². The molecule has 144 valence electrons. The summed E-state index contributed by atoms with van der Waals surface area (Å²) in [4.78, 5) is 28.7. The molecule has 1 amide bonds. The molecule has 0 atom stereocenters. The number of carbonyl (C=O) groups excluding carboxylic acids is 2. The smallest absolute Gasteiger partial charge is 0.341 e. The monoisotopic (exact) mass is 386 g/mol. The molecule has 0 radical (unpaired) electrons. The maximum atomic E-state index is 12.8. The van der Waals surface area contributed by atoms with Crippen molar-refractivity contribution >= 4 is 28.2 Å². The van der Waals surface area contributed by atoms with Gasteiger partial charge >= 0.3 is 5.97 Å². The number of nitrogens with zero attached hydrogens (tertiary/aromatic N) is 1. The molecule has 1 aliphatic heterocycles. The summed E-state index contributed by atoms with van der Waals surface area (Å²) in [6.45, 7) is 10.0. The van der Waals surface area contributed by atoms with Gasteiger partial charge in [0.25, 0.3) is 5.91 Å². The van der Waals surface area contributed by atoms with E-state index in [0.29, 0.717) is 22.2 Å². The lowest BCUT2D eigenvalue weighted by Gasteiger charge is -2.30. The minimum atomic E-state index is -0.388. The molecule has 0 aliphatic carbocycles. The first-order valence-electron chi connectivity index (χ1n) is 9.17. The topological polar surface area (TPSA) is 58.6 Å². The van der Waals surface area contributed by atoms with Crippen LogP contribution < -0.4 is 5.32 Å². The number of benzene rings is 1. The van der Waals surface area contributed by atoms with Crippen LogP contribution in [0.3, 0.4) is 0 Å². The van der Waals surface area contributed by atoms with Gasteiger partial charge < -0.3 is 10.1 Å². The Balaban J connectivity index is 1.93. The maximum Gasteiger partial charge on any atom is 0.341 e. The number of esters is 1. The summed E-state index contributed by atoms with van der Waals surface area (Å²) in [6.07, 6.45) is 0.786. The van der Waals surface area contributed by atoms with E-state index in [1.54, 1.807) is 0 Å². The molecule has 3 rings (SSSR count). The van der Waals surface area contributed by atoms with Gasteiger partial charge in [0.1, 0.15) is 5.00 Å². The Morgan fingerprint density at radius 3 is 2.59 bits per heavy atom. The molecule has 0 saturated heterocycles. The summed E-state index contributed by atoms with van der Waals surface area (Å²) in [5.74, 6) is -0.594. The SMILES string of the molecule is COC(=O)c1c(NC(=O)c2ccc(C)c(C)c2)sc2c1CCN(C(C)C)C2. The molecule has 5 nitrogen and oxygen atoms in total. The van der Waals surface area contributed by atoms with E-state index >= 15 is 0 Å². The van der Waals surface area contributed by atoms with E-state index in [1.165, 1.54) is 18.4 Å². The minimum Gasteiger partial charge on any atom is -0.465 e. The predicted octanol–water partition coefficient (Wildman–Crippen LogP) is 4.17. The number of anilines is 1. The number of rotatable bonds is 4. The fourth-order valence-corrected chi connectivity index (χ4v) is 4.58. The first-order valence-corrected chi connectivity index (χ1v) is 9.99. The minimum absolute atomic E-state index is 0.206. The summed E-state index contributed by atoms with van der Waals surface area (Å²) < 4.78 is 5.00. The Hall–Kier alpha value is -2.18. The molecule has 0 spiro atoms. The maximum absolute atomic E-state index is 12.8. The number of aryl methyl sites for hydroxylation is 2. The average Bonchev–Trinajstić information content (AvgIpc) is 3.00. The molecular formula is C21H26N2O3S. The van der Waals surface area contributed by atoms with Crippen molar-refractivity contribution < 1.29 is 14.3 Å². The van der Waals surface area contributed by atoms with E-state index in [-0.39, 0.29) is 11.9 Å². The van der Waals surface area contributed by atoms with Crippen molar-refractivity contribution in [2.75, 3.05) is 19.0 Å². The number of amides is 1. The zero-order chi connectivity index (χ0) is 19.7. The van der Waals surface area contributed by atoms with E-state index in [2.05, 4.69) is 24.1 Å². The summed E-state index contributed by atoms with van der Waals surface area (Å²) in [5, 5.41) is 3.53. The first kappa shape index (κ1) is 19.6. The number of hydrogen-bond donors (Lipinski definition) is 1. The van der Waals surface area contributed by atoms with Gasteiger partial charge in [-0.15, -0.1) is 11.3 Å². The van der Waals surface area contributed by atoms with Crippen molar-refractivity contribution in [3.8, 4) is 0 Å². The highest BCUT2D eigenvalue weighted by atomic mass is 32.1. The van der Waals surface area contributed by atoms with Gasteiger partial charge in [-0.1, -0.05) is 6.07 Å². The van der Waals surface area contributed by atoms with E-state index < -0.39 is 0 Å². The van der Waals surface area contributed by atoms with Crippen LogP contribution in [-0.4, -0.2) is 36.5 Å². The van der Waals surface area contributed by atoms with Gasteiger partial charge in [-0.25, -0.2) is 4.79 Å². The lowest BCUT2D eigenvalue weighted by Crippen LogP contribution is -2.35. The van der Waals surface area contributed by atoms with Gasteiger partial charge in [-0.3, -0.25) is 9.69 Å². The Labute approximate surface area is 164 Å². The molecule has 0 fully saturated rings. The van der Waals surface area contributed by atoms with Crippen molar-refractivity contribution in [3.05, 3.63) is 50.9 Å². The quantitative estimate of drug-likeness (QED) is 0.801. The van der Waals surface area contributed by atoms with Crippen LogP contribution in [0, 0.1) is 13.8 Å². The Morgan fingerprint density at radius 1 is 1.22 bits per heavy atom. The zero-order valence-corrected chi connectivity index (χ0v) is 17.3. The van der Waals surface area contributed by atoms with Crippen molar-refractivity contribution in [2.24, 2.45) is 0 Å². The summed E-state index contributed by atoms with van der Waals surface area (Å²) >= 11 is 1.48. The number of ether oxygens (including phenoxy) is 1. The van der Waals surface area contributed by atoms with Crippen LogP contribution in [0.5, 0.6) is 0 Å². The second kappa shape index (κ2) is 7.82. The fourth-order valence-electron chi connectivity index (χ4n) is 3.33. The molecule has 2 heterocycles. The average molecular weight is 387 g/mol. The molecule has 1 N–H and O–H groups in total. The number of methoxy groups -OCH3 is 1. The molecule has 6 heteroatoms. The summed E-state index contributed by atoms with van der Waals surface area (Å²) in [7, 11) is 1.38. The number of fused-ring (bicyclic) bond motifs is 1. The predicted molar refractivity (Wildman–Crippen MR) is 109 cm³/mol. The fraction of sp³-hybridized carbons (Fsp3) is 0.429. The molecule has 1 aromatic carbocycles. The van der Waals surface area contributed by atoms with Crippen molar-refractivity contribution in [1.29, 1.82) is 0 Å². The third-order valence-corrected chi connectivity index (χ3v) is 6.33. The van der Waals surface area contributed by atoms with E-state index in [1.807, 2.05) is 32.0 Å². The van der Waals surface area contributed by atoms with Gasteiger partial charge in [0.05, 0.1) is 12.7 Å². The molecule has 1 aromatic heterocycles. The summed E-state index contributed by atoms with van der Waals surface area (Å²) in [5.41, 5.74) is 4.32. The van der Waals surface area contributed by atoms with E-state index in [9.17, 15) is 9.59 Å². The van der Waals surface area contributed by atoms with Crippen LogP contribution in [0.2, 0.25) is 0 Å². The largest absolute Gasteiger partial charge is 0.465 e. The van der Waals surface area contributed by atoms with Gasteiger partial charge in [0, 0.05) is 29.6 Å². The van der Waals surface area contributed by atoms with Gasteiger partial charge in [0.2, 0.25) is 0 Å². The zero-order valence-electron chi connectivity index (χ0n) is 16.5. The van der Waals surface area contributed by atoms with E-state index in [0.717, 1.165) is 41.1 Å². The van der Waals surface area contributed by atoms with Crippen LogP contribution in [0.1, 0.15) is 56.1 Å². The molecule has 0 saturated carbocycles. The first-order chi connectivity index (χ1) is 12.8. The Kier molecular flexibility index (Phi) is 5.67. The summed E-state index contributed by atoms with van der Waals surface area (Å²) in [6, 6.07) is 6.06.